The van der Waals surface area contributed by atoms with Gasteiger partial charge in [-0.1, -0.05) is 231 Å². The first kappa shape index (κ1) is 42.7. The van der Waals surface area contributed by atoms with Crippen molar-refractivity contribution in [3.8, 4) is 78.7 Å². The predicted molar refractivity (Wildman–Crippen MR) is 304 cm³/mol. The molecular weight excluding hydrogens is 915 g/mol. The summed E-state index contributed by atoms with van der Waals surface area (Å²) in [4.78, 5) is 16.0. The van der Waals surface area contributed by atoms with Gasteiger partial charge >= 0.3 is 0 Å². The number of hydrogen-bond acceptors (Lipinski definition) is 5. The summed E-state index contributed by atoms with van der Waals surface area (Å²) >= 11 is 0. The maximum atomic E-state index is 6.65. The number of benzene rings is 11. The molecule has 0 amide bonds. The molecule has 1 aliphatic carbocycles. The fourth-order valence-electron chi connectivity index (χ4n) is 12.0. The first-order chi connectivity index (χ1) is 37.2. The van der Waals surface area contributed by atoms with Crippen molar-refractivity contribution < 1.29 is 8.83 Å². The van der Waals surface area contributed by atoms with Gasteiger partial charge in [-0.3, -0.25) is 0 Å². The van der Waals surface area contributed by atoms with Crippen LogP contribution < -0.4 is 0 Å². The largest absolute Gasteiger partial charge is 0.456 e. The van der Waals surface area contributed by atoms with E-state index < -0.39 is 5.41 Å². The standard InChI is InChI=1S/C70H43N3O2/c1-4-19-45(20-5-1)50-25-10-11-26-52(50)67-71-68(55-30-17-35-62-65(55)54-28-13-15-34-60(54)74-62)73-69(72-67)56-31-18-36-63-66(56)57-43-47(41-42-61(57)75-63)44-37-39-46(40-38-44)51-29-16-33-59-64(51)53-27-12-14-32-58(53)70(59,48-21-6-2-7-22-48)49-23-8-3-9-24-49/h1-43H. The van der Waals surface area contributed by atoms with Crippen LogP contribution in [-0.2, 0) is 5.41 Å². The van der Waals surface area contributed by atoms with E-state index in [9.17, 15) is 0 Å². The fourth-order valence-corrected chi connectivity index (χ4v) is 12.0. The smallest absolute Gasteiger partial charge is 0.164 e. The van der Waals surface area contributed by atoms with E-state index >= 15 is 0 Å². The van der Waals surface area contributed by atoms with Crippen LogP contribution in [0, 0.1) is 0 Å². The quantitative estimate of drug-likeness (QED) is 0.152. The summed E-state index contributed by atoms with van der Waals surface area (Å²) < 4.78 is 13.0. The monoisotopic (exact) mass is 957 g/mol. The topological polar surface area (TPSA) is 65.0 Å². The summed E-state index contributed by atoms with van der Waals surface area (Å²) in [6.07, 6.45) is 0. The van der Waals surface area contributed by atoms with E-state index in [1.807, 2.05) is 54.6 Å². The Balaban J connectivity index is 0.872. The molecule has 0 atom stereocenters. The minimum atomic E-state index is -0.466. The average Bonchev–Trinajstić information content (AvgIpc) is 4.21. The van der Waals surface area contributed by atoms with Gasteiger partial charge in [0.05, 0.1) is 5.41 Å². The van der Waals surface area contributed by atoms with Gasteiger partial charge in [0, 0.05) is 38.2 Å². The number of para-hydroxylation sites is 1. The second-order valence-electron chi connectivity index (χ2n) is 19.3. The van der Waals surface area contributed by atoms with Crippen LogP contribution in [0.2, 0.25) is 0 Å². The van der Waals surface area contributed by atoms with Crippen LogP contribution in [0.25, 0.3) is 123 Å². The van der Waals surface area contributed by atoms with Gasteiger partial charge in [-0.15, -0.1) is 0 Å². The molecule has 14 aromatic rings. The molecule has 0 fully saturated rings. The van der Waals surface area contributed by atoms with Crippen molar-refractivity contribution in [2.24, 2.45) is 0 Å². The van der Waals surface area contributed by atoms with Crippen LogP contribution in [0.15, 0.2) is 270 Å². The van der Waals surface area contributed by atoms with Crippen molar-refractivity contribution in [3.63, 3.8) is 0 Å². The van der Waals surface area contributed by atoms with Crippen LogP contribution in [0.4, 0.5) is 0 Å². The van der Waals surface area contributed by atoms with Gasteiger partial charge in [-0.2, -0.15) is 0 Å². The number of aromatic nitrogens is 3. The molecule has 0 saturated heterocycles. The summed E-state index contributed by atoms with van der Waals surface area (Å²) in [5.74, 6) is 1.67. The van der Waals surface area contributed by atoms with Crippen molar-refractivity contribution in [1.29, 1.82) is 0 Å². The molecular formula is C70H43N3O2. The third-order valence-corrected chi connectivity index (χ3v) is 15.3. The number of fused-ring (bicyclic) bond motifs is 9. The van der Waals surface area contributed by atoms with Crippen LogP contribution in [-0.4, -0.2) is 15.0 Å². The number of rotatable bonds is 8. The molecule has 5 nitrogen and oxygen atoms in total. The molecule has 0 spiro atoms. The molecule has 0 unspecified atom stereocenters. The molecule has 15 rings (SSSR count). The predicted octanol–water partition coefficient (Wildman–Crippen LogP) is 18.0. The molecule has 0 aliphatic heterocycles. The first-order valence-electron chi connectivity index (χ1n) is 25.4. The van der Waals surface area contributed by atoms with Gasteiger partial charge in [0.2, 0.25) is 0 Å². The van der Waals surface area contributed by atoms with Crippen LogP contribution >= 0.6 is 0 Å². The highest BCUT2D eigenvalue weighted by atomic mass is 16.3. The van der Waals surface area contributed by atoms with Gasteiger partial charge in [-0.05, 0) is 97.1 Å². The molecule has 1 aliphatic rings. The van der Waals surface area contributed by atoms with Crippen molar-refractivity contribution in [3.05, 3.63) is 283 Å². The van der Waals surface area contributed by atoms with Gasteiger partial charge in [0.15, 0.2) is 17.5 Å². The zero-order valence-electron chi connectivity index (χ0n) is 40.5. The Hall–Kier alpha value is -9.97. The SMILES string of the molecule is c1ccc(-c2ccccc2-c2nc(-c3cccc4oc5ccccc5c34)nc(-c3cccc4oc5ccc(-c6ccc(-c7cccc8c7-c7ccccc7C8(c7ccccc7)c7ccccc7)cc6)cc5c34)n2)cc1. The van der Waals surface area contributed by atoms with Crippen molar-refractivity contribution >= 4 is 43.9 Å². The van der Waals surface area contributed by atoms with Crippen LogP contribution in [0.1, 0.15) is 22.3 Å². The van der Waals surface area contributed by atoms with Crippen LogP contribution in [0.3, 0.4) is 0 Å². The zero-order valence-corrected chi connectivity index (χ0v) is 40.5. The third kappa shape index (κ3) is 6.68. The number of nitrogens with zero attached hydrogens (tertiary/aromatic N) is 3. The molecule has 75 heavy (non-hydrogen) atoms. The lowest BCUT2D eigenvalue weighted by Crippen LogP contribution is -2.28. The lowest BCUT2D eigenvalue weighted by atomic mass is 9.67. The molecule has 0 saturated carbocycles. The van der Waals surface area contributed by atoms with E-state index in [0.717, 1.165) is 88.4 Å². The van der Waals surface area contributed by atoms with Crippen LogP contribution in [0.5, 0.6) is 0 Å². The Morgan fingerprint density at radius 2 is 0.707 bits per heavy atom. The van der Waals surface area contributed by atoms with E-state index in [-0.39, 0.29) is 0 Å². The maximum absolute atomic E-state index is 6.65. The highest BCUT2D eigenvalue weighted by Crippen LogP contribution is 2.58. The van der Waals surface area contributed by atoms with E-state index in [1.165, 1.54) is 38.9 Å². The Labute approximate surface area is 432 Å². The summed E-state index contributed by atoms with van der Waals surface area (Å²) in [7, 11) is 0. The van der Waals surface area contributed by atoms with Gasteiger partial charge in [-0.25, -0.2) is 15.0 Å². The molecule has 350 valence electrons. The summed E-state index contributed by atoms with van der Waals surface area (Å²) in [5.41, 5.74) is 19.6. The van der Waals surface area contributed by atoms with E-state index in [0.29, 0.717) is 17.5 Å². The number of hydrogen-bond donors (Lipinski definition) is 0. The van der Waals surface area contributed by atoms with Crippen molar-refractivity contribution in [1.82, 2.24) is 15.0 Å². The molecule has 0 N–H and O–H groups in total. The second kappa shape index (κ2) is 17.1. The Kier molecular flexibility index (Phi) is 9.72. The summed E-state index contributed by atoms with van der Waals surface area (Å²) in [6.45, 7) is 0. The molecule has 3 heterocycles. The Morgan fingerprint density at radius 3 is 1.39 bits per heavy atom. The number of furan rings is 2. The zero-order chi connectivity index (χ0) is 49.5. The molecule has 11 aromatic carbocycles. The summed E-state index contributed by atoms with van der Waals surface area (Å²) in [6, 6.07) is 92.4. The highest BCUT2D eigenvalue weighted by Gasteiger charge is 2.46. The van der Waals surface area contributed by atoms with E-state index in [2.05, 4.69) is 206 Å². The Morgan fingerprint density at radius 1 is 0.267 bits per heavy atom. The lowest BCUT2D eigenvalue weighted by Gasteiger charge is -2.34. The lowest BCUT2D eigenvalue weighted by molar-refractivity contribution is 0.668. The van der Waals surface area contributed by atoms with Gasteiger partial charge in [0.1, 0.15) is 22.3 Å². The normalized spacial score (nSPS) is 12.6. The first-order valence-corrected chi connectivity index (χ1v) is 25.4. The molecule has 3 aromatic heterocycles. The molecule has 0 bridgehead atoms. The van der Waals surface area contributed by atoms with Gasteiger partial charge < -0.3 is 8.83 Å². The Bertz CT molecular complexity index is 4480. The fraction of sp³-hybridized carbons (Fsp3) is 0.0143. The maximum Gasteiger partial charge on any atom is 0.164 e. The van der Waals surface area contributed by atoms with E-state index in [1.54, 1.807) is 0 Å². The highest BCUT2D eigenvalue weighted by molar-refractivity contribution is 6.14. The minimum Gasteiger partial charge on any atom is -0.456 e. The minimum absolute atomic E-state index is 0.466. The molecule has 0 radical (unpaired) electrons. The average molecular weight is 958 g/mol. The summed E-state index contributed by atoms with van der Waals surface area (Å²) in [5, 5.41) is 3.89. The van der Waals surface area contributed by atoms with Gasteiger partial charge in [0.25, 0.3) is 0 Å². The second-order valence-corrected chi connectivity index (χ2v) is 19.3. The van der Waals surface area contributed by atoms with E-state index in [4.69, 9.17) is 23.8 Å². The third-order valence-electron chi connectivity index (χ3n) is 15.3. The van der Waals surface area contributed by atoms with Crippen molar-refractivity contribution in [2.75, 3.05) is 0 Å². The van der Waals surface area contributed by atoms with Crippen molar-refractivity contribution in [2.45, 2.75) is 5.41 Å². The molecule has 5 heteroatoms.